The summed E-state index contributed by atoms with van der Waals surface area (Å²) in [5.41, 5.74) is 0.964. The van der Waals surface area contributed by atoms with Gasteiger partial charge in [-0.2, -0.15) is 0 Å². The highest BCUT2D eigenvalue weighted by atomic mass is 16.6. The molecule has 21 heavy (non-hydrogen) atoms. The van der Waals surface area contributed by atoms with E-state index in [4.69, 9.17) is 9.47 Å². The Labute approximate surface area is 126 Å². The molecule has 5 heteroatoms. The first-order chi connectivity index (χ1) is 10.0. The minimum atomic E-state index is -0.162. The molecule has 0 spiro atoms. The van der Waals surface area contributed by atoms with Crippen molar-refractivity contribution in [2.24, 2.45) is 0 Å². The first-order valence-corrected chi connectivity index (χ1v) is 7.34. The lowest BCUT2D eigenvalue weighted by molar-refractivity contribution is -0.121. The fraction of sp³-hybridized carbons (Fsp3) is 0.562. The zero-order chi connectivity index (χ0) is 15.3. The van der Waals surface area contributed by atoms with Crippen molar-refractivity contribution < 1.29 is 14.3 Å². The van der Waals surface area contributed by atoms with E-state index in [1.807, 2.05) is 25.2 Å². The predicted molar refractivity (Wildman–Crippen MR) is 82.0 cm³/mol. The number of carbonyl (C=O) groups is 1. The highest BCUT2D eigenvalue weighted by Crippen LogP contribution is 2.34. The van der Waals surface area contributed by atoms with Crippen molar-refractivity contribution in [1.29, 1.82) is 0 Å². The quantitative estimate of drug-likeness (QED) is 0.833. The van der Waals surface area contributed by atoms with E-state index in [-0.39, 0.29) is 11.3 Å². The normalized spacial score (nSPS) is 13.9. The first-order valence-electron chi connectivity index (χ1n) is 7.34. The van der Waals surface area contributed by atoms with Gasteiger partial charge in [-0.05, 0) is 24.7 Å². The van der Waals surface area contributed by atoms with Crippen molar-refractivity contribution in [3.63, 3.8) is 0 Å². The molecule has 1 amide bonds. The van der Waals surface area contributed by atoms with Gasteiger partial charge in [0.1, 0.15) is 13.2 Å². The van der Waals surface area contributed by atoms with Gasteiger partial charge in [0.05, 0.1) is 0 Å². The van der Waals surface area contributed by atoms with Gasteiger partial charge in [0.2, 0.25) is 5.91 Å². The molecule has 0 unspecified atom stereocenters. The van der Waals surface area contributed by atoms with Crippen molar-refractivity contribution in [1.82, 2.24) is 10.6 Å². The molecule has 5 nitrogen and oxygen atoms in total. The maximum atomic E-state index is 11.7. The Balaban J connectivity index is 2.00. The van der Waals surface area contributed by atoms with Crippen LogP contribution in [0.2, 0.25) is 0 Å². The van der Waals surface area contributed by atoms with Crippen molar-refractivity contribution in [3.05, 3.63) is 23.8 Å². The van der Waals surface area contributed by atoms with E-state index in [1.54, 1.807) is 0 Å². The molecule has 1 heterocycles. The van der Waals surface area contributed by atoms with Gasteiger partial charge in [-0.25, -0.2) is 0 Å². The van der Waals surface area contributed by atoms with E-state index in [0.29, 0.717) is 32.7 Å². The van der Waals surface area contributed by atoms with Crippen LogP contribution < -0.4 is 20.1 Å². The van der Waals surface area contributed by atoms with E-state index in [1.165, 1.54) is 0 Å². The molecule has 0 saturated heterocycles. The van der Waals surface area contributed by atoms with Gasteiger partial charge in [-0.15, -0.1) is 0 Å². The number of benzene rings is 1. The van der Waals surface area contributed by atoms with Gasteiger partial charge in [0.25, 0.3) is 0 Å². The fourth-order valence-corrected chi connectivity index (χ4v) is 2.21. The zero-order valence-corrected chi connectivity index (χ0v) is 13.0. The van der Waals surface area contributed by atoms with Crippen LogP contribution >= 0.6 is 0 Å². The third-order valence-corrected chi connectivity index (χ3v) is 3.65. The summed E-state index contributed by atoms with van der Waals surface area (Å²) >= 11 is 0. The summed E-state index contributed by atoms with van der Waals surface area (Å²) in [6, 6.07) is 5.98. The molecule has 1 aromatic carbocycles. The standard InChI is InChI=1S/C16H24N2O3/c1-16(2,11-18-15(19)6-7-17-3)12-4-5-13-14(10-12)21-9-8-20-13/h4-5,10,17H,6-9,11H2,1-3H3,(H,18,19). The van der Waals surface area contributed by atoms with Crippen LogP contribution in [0.5, 0.6) is 11.5 Å². The van der Waals surface area contributed by atoms with Gasteiger partial charge < -0.3 is 20.1 Å². The van der Waals surface area contributed by atoms with Crippen molar-refractivity contribution in [2.75, 3.05) is 33.4 Å². The number of fused-ring (bicyclic) bond motifs is 1. The number of ether oxygens (including phenoxy) is 2. The lowest BCUT2D eigenvalue weighted by atomic mass is 9.84. The second kappa shape index (κ2) is 6.80. The second-order valence-electron chi connectivity index (χ2n) is 5.87. The van der Waals surface area contributed by atoms with E-state index in [0.717, 1.165) is 17.1 Å². The molecular formula is C16H24N2O3. The molecule has 1 aliphatic rings. The third-order valence-electron chi connectivity index (χ3n) is 3.65. The van der Waals surface area contributed by atoms with E-state index in [9.17, 15) is 4.79 Å². The van der Waals surface area contributed by atoms with Crippen LogP contribution in [-0.2, 0) is 10.2 Å². The zero-order valence-electron chi connectivity index (χ0n) is 13.0. The van der Waals surface area contributed by atoms with Crippen molar-refractivity contribution >= 4 is 5.91 Å². The summed E-state index contributed by atoms with van der Waals surface area (Å²) in [4.78, 5) is 11.7. The van der Waals surface area contributed by atoms with Crippen molar-refractivity contribution in [3.8, 4) is 11.5 Å². The average Bonchev–Trinajstić information content (AvgIpc) is 2.50. The molecular weight excluding hydrogens is 268 g/mol. The summed E-state index contributed by atoms with van der Waals surface area (Å²) in [5.74, 6) is 1.64. The van der Waals surface area contributed by atoms with Crippen LogP contribution in [0.15, 0.2) is 18.2 Å². The van der Waals surface area contributed by atoms with Gasteiger partial charge in [-0.3, -0.25) is 4.79 Å². The van der Waals surface area contributed by atoms with Crippen LogP contribution in [0.1, 0.15) is 25.8 Å². The Bertz CT molecular complexity index is 500. The van der Waals surface area contributed by atoms with Crippen LogP contribution in [0.3, 0.4) is 0 Å². The lowest BCUT2D eigenvalue weighted by Crippen LogP contribution is -2.37. The monoisotopic (exact) mass is 292 g/mol. The average molecular weight is 292 g/mol. The third kappa shape index (κ3) is 4.11. The number of nitrogens with one attached hydrogen (secondary N) is 2. The number of hydrogen-bond acceptors (Lipinski definition) is 4. The molecule has 0 radical (unpaired) electrons. The number of hydrogen-bond donors (Lipinski definition) is 2. The topological polar surface area (TPSA) is 59.6 Å². The summed E-state index contributed by atoms with van der Waals surface area (Å²) in [6.07, 6.45) is 0.494. The summed E-state index contributed by atoms with van der Waals surface area (Å²) in [7, 11) is 1.84. The Morgan fingerprint density at radius 2 is 1.95 bits per heavy atom. The maximum absolute atomic E-state index is 11.7. The van der Waals surface area contributed by atoms with Crippen LogP contribution in [-0.4, -0.2) is 39.3 Å². The lowest BCUT2D eigenvalue weighted by Gasteiger charge is -2.27. The highest BCUT2D eigenvalue weighted by molar-refractivity contribution is 5.76. The van der Waals surface area contributed by atoms with Crippen LogP contribution in [0.4, 0.5) is 0 Å². The molecule has 0 fully saturated rings. The molecule has 0 atom stereocenters. The smallest absolute Gasteiger partial charge is 0.221 e. The molecule has 2 N–H and O–H groups in total. The molecule has 116 valence electrons. The highest BCUT2D eigenvalue weighted by Gasteiger charge is 2.24. The molecule has 0 bridgehead atoms. The van der Waals surface area contributed by atoms with E-state index < -0.39 is 0 Å². The van der Waals surface area contributed by atoms with Crippen LogP contribution in [0.25, 0.3) is 0 Å². The van der Waals surface area contributed by atoms with Crippen LogP contribution in [0, 0.1) is 0 Å². The van der Waals surface area contributed by atoms with E-state index in [2.05, 4.69) is 24.5 Å². The SMILES string of the molecule is CNCCC(=O)NCC(C)(C)c1ccc2c(c1)OCCO2. The largest absolute Gasteiger partial charge is 0.486 e. The number of carbonyl (C=O) groups excluding carboxylic acids is 1. The Kier molecular flexibility index (Phi) is 5.07. The minimum Gasteiger partial charge on any atom is -0.486 e. The fourth-order valence-electron chi connectivity index (χ4n) is 2.21. The summed E-state index contributed by atoms with van der Waals surface area (Å²) in [5, 5.41) is 5.96. The molecule has 0 aliphatic carbocycles. The van der Waals surface area contributed by atoms with Gasteiger partial charge >= 0.3 is 0 Å². The molecule has 2 rings (SSSR count). The van der Waals surface area contributed by atoms with E-state index >= 15 is 0 Å². The number of rotatable bonds is 6. The summed E-state index contributed by atoms with van der Waals surface area (Å²) < 4.78 is 11.1. The first kappa shape index (κ1) is 15.6. The number of amides is 1. The molecule has 1 aromatic rings. The molecule has 1 aliphatic heterocycles. The minimum absolute atomic E-state index is 0.0648. The Morgan fingerprint density at radius 1 is 1.24 bits per heavy atom. The Hall–Kier alpha value is -1.75. The molecule has 0 aromatic heterocycles. The van der Waals surface area contributed by atoms with Crippen molar-refractivity contribution in [2.45, 2.75) is 25.7 Å². The van der Waals surface area contributed by atoms with Gasteiger partial charge in [0.15, 0.2) is 11.5 Å². The summed E-state index contributed by atoms with van der Waals surface area (Å²) in [6.45, 7) is 6.67. The maximum Gasteiger partial charge on any atom is 0.221 e. The second-order valence-corrected chi connectivity index (χ2v) is 5.87. The predicted octanol–water partition coefficient (Wildman–Crippen LogP) is 1.46. The molecule has 0 saturated carbocycles. The Morgan fingerprint density at radius 3 is 2.67 bits per heavy atom. The van der Waals surface area contributed by atoms with Gasteiger partial charge in [0, 0.05) is 24.9 Å². The van der Waals surface area contributed by atoms with Gasteiger partial charge in [-0.1, -0.05) is 19.9 Å².